The van der Waals surface area contributed by atoms with Gasteiger partial charge in [-0.15, -0.1) is 0 Å². The van der Waals surface area contributed by atoms with Gasteiger partial charge in [0.05, 0.1) is 12.7 Å². The van der Waals surface area contributed by atoms with Crippen LogP contribution < -0.4 is 11.1 Å². The van der Waals surface area contributed by atoms with Crippen molar-refractivity contribution in [3.8, 4) is 0 Å². The van der Waals surface area contributed by atoms with E-state index < -0.39 is 0 Å². The molecule has 0 aromatic heterocycles. The summed E-state index contributed by atoms with van der Waals surface area (Å²) in [5, 5.41) is 2.96. The number of rotatable bonds is 2. The summed E-state index contributed by atoms with van der Waals surface area (Å²) in [7, 11) is 1.34. The highest BCUT2D eigenvalue weighted by atomic mass is 32.1. The predicted molar refractivity (Wildman–Crippen MR) is 62.9 cm³/mol. The van der Waals surface area contributed by atoms with E-state index in [9.17, 15) is 4.79 Å². The Labute approximate surface area is 93.4 Å². The molecule has 5 heteroatoms. The molecular weight excluding hydrogens is 212 g/mol. The van der Waals surface area contributed by atoms with Crippen molar-refractivity contribution in [3.63, 3.8) is 0 Å². The Bertz CT molecular complexity index is 404. The lowest BCUT2D eigenvalue weighted by Gasteiger charge is -2.09. The summed E-state index contributed by atoms with van der Waals surface area (Å²) < 4.78 is 4.61. The number of nitrogens with two attached hydrogens (primary N) is 1. The second kappa shape index (κ2) is 4.75. The van der Waals surface area contributed by atoms with Crippen LogP contribution in [0.25, 0.3) is 0 Å². The van der Waals surface area contributed by atoms with E-state index >= 15 is 0 Å². The topological polar surface area (TPSA) is 64.3 Å². The largest absolute Gasteiger partial charge is 0.465 e. The number of hydrogen-bond acceptors (Lipinski definition) is 3. The number of benzene rings is 1. The van der Waals surface area contributed by atoms with Crippen LogP contribution in [0.2, 0.25) is 0 Å². The zero-order valence-corrected chi connectivity index (χ0v) is 9.35. The van der Waals surface area contributed by atoms with E-state index in [1.54, 1.807) is 18.2 Å². The standard InChI is InChI=1S/C10H12N2O2S/c1-6-3-4-7(9(13)14-2)5-8(6)12-10(11)15/h3-5H,1-2H3,(H3,11,12,15). The van der Waals surface area contributed by atoms with Gasteiger partial charge in [0.25, 0.3) is 0 Å². The molecule has 15 heavy (non-hydrogen) atoms. The molecule has 4 nitrogen and oxygen atoms in total. The van der Waals surface area contributed by atoms with Crippen LogP contribution in [0.4, 0.5) is 5.69 Å². The molecule has 80 valence electrons. The lowest BCUT2D eigenvalue weighted by molar-refractivity contribution is 0.0601. The number of nitrogens with one attached hydrogen (secondary N) is 1. The third-order valence-corrected chi connectivity index (χ3v) is 2.02. The average Bonchev–Trinajstić information content (AvgIpc) is 2.19. The first-order chi connectivity index (χ1) is 7.04. The number of esters is 1. The van der Waals surface area contributed by atoms with E-state index in [2.05, 4.69) is 10.1 Å². The van der Waals surface area contributed by atoms with Gasteiger partial charge in [0.15, 0.2) is 5.11 Å². The number of anilines is 1. The summed E-state index contributed by atoms with van der Waals surface area (Å²) in [6.07, 6.45) is 0. The summed E-state index contributed by atoms with van der Waals surface area (Å²) >= 11 is 4.73. The van der Waals surface area contributed by atoms with Gasteiger partial charge in [-0.25, -0.2) is 4.79 Å². The number of carbonyl (C=O) groups is 1. The van der Waals surface area contributed by atoms with Crippen molar-refractivity contribution in [3.05, 3.63) is 29.3 Å². The first-order valence-corrected chi connectivity index (χ1v) is 4.71. The Morgan fingerprint density at radius 1 is 1.53 bits per heavy atom. The van der Waals surface area contributed by atoms with Gasteiger partial charge in [0, 0.05) is 5.69 Å². The van der Waals surface area contributed by atoms with Gasteiger partial charge < -0.3 is 15.8 Å². The predicted octanol–water partition coefficient (Wildman–Crippen LogP) is 1.44. The molecule has 1 aromatic carbocycles. The average molecular weight is 224 g/mol. The summed E-state index contributed by atoms with van der Waals surface area (Å²) in [5.41, 5.74) is 7.48. The molecule has 0 saturated heterocycles. The van der Waals surface area contributed by atoms with Crippen molar-refractivity contribution in [2.75, 3.05) is 12.4 Å². The van der Waals surface area contributed by atoms with Gasteiger partial charge in [-0.3, -0.25) is 0 Å². The zero-order valence-electron chi connectivity index (χ0n) is 8.53. The number of carbonyl (C=O) groups excluding carboxylic acids is 1. The molecule has 0 fully saturated rings. The third kappa shape index (κ3) is 2.92. The van der Waals surface area contributed by atoms with Crippen LogP contribution in [0.3, 0.4) is 0 Å². The molecule has 0 unspecified atom stereocenters. The number of methoxy groups -OCH3 is 1. The maximum absolute atomic E-state index is 11.2. The van der Waals surface area contributed by atoms with Crippen molar-refractivity contribution < 1.29 is 9.53 Å². The van der Waals surface area contributed by atoms with E-state index in [-0.39, 0.29) is 11.1 Å². The molecule has 3 N–H and O–H groups in total. The molecule has 0 radical (unpaired) electrons. The van der Waals surface area contributed by atoms with Crippen LogP contribution in [-0.2, 0) is 4.74 Å². The second-order valence-electron chi connectivity index (χ2n) is 3.01. The molecule has 0 atom stereocenters. The summed E-state index contributed by atoms with van der Waals surface area (Å²) in [6.45, 7) is 1.89. The maximum Gasteiger partial charge on any atom is 0.337 e. The number of ether oxygens (including phenoxy) is 1. The van der Waals surface area contributed by atoms with Gasteiger partial charge in [0.2, 0.25) is 0 Å². The number of hydrogen-bond donors (Lipinski definition) is 2. The molecule has 0 amide bonds. The van der Waals surface area contributed by atoms with Gasteiger partial charge in [-0.2, -0.15) is 0 Å². The minimum absolute atomic E-state index is 0.167. The molecule has 0 saturated carbocycles. The van der Waals surface area contributed by atoms with E-state index in [0.29, 0.717) is 11.3 Å². The van der Waals surface area contributed by atoms with Crippen molar-refractivity contribution in [1.29, 1.82) is 0 Å². The maximum atomic E-state index is 11.2. The van der Waals surface area contributed by atoms with Crippen LogP contribution in [0.15, 0.2) is 18.2 Å². The molecule has 0 spiro atoms. The number of aryl methyl sites for hydroxylation is 1. The smallest absolute Gasteiger partial charge is 0.337 e. The lowest BCUT2D eigenvalue weighted by Crippen LogP contribution is -2.19. The van der Waals surface area contributed by atoms with Gasteiger partial charge in [0.1, 0.15) is 0 Å². The highest BCUT2D eigenvalue weighted by molar-refractivity contribution is 7.80. The lowest BCUT2D eigenvalue weighted by atomic mass is 10.1. The minimum Gasteiger partial charge on any atom is -0.465 e. The van der Waals surface area contributed by atoms with Crippen LogP contribution in [0, 0.1) is 6.92 Å². The highest BCUT2D eigenvalue weighted by Crippen LogP contribution is 2.17. The Morgan fingerprint density at radius 3 is 2.73 bits per heavy atom. The molecule has 0 aliphatic carbocycles. The number of thiocarbonyl (C=S) groups is 1. The molecule has 0 aliphatic heterocycles. The molecule has 0 bridgehead atoms. The van der Waals surface area contributed by atoms with E-state index in [1.165, 1.54) is 7.11 Å². The first kappa shape index (κ1) is 11.5. The molecule has 1 rings (SSSR count). The molecule has 0 aliphatic rings. The quantitative estimate of drug-likeness (QED) is 0.588. The van der Waals surface area contributed by atoms with Crippen LogP contribution in [0.1, 0.15) is 15.9 Å². The second-order valence-corrected chi connectivity index (χ2v) is 3.45. The first-order valence-electron chi connectivity index (χ1n) is 4.30. The van der Waals surface area contributed by atoms with Crippen LogP contribution >= 0.6 is 12.2 Å². The summed E-state index contributed by atoms with van der Waals surface area (Å²) in [6, 6.07) is 5.14. The summed E-state index contributed by atoms with van der Waals surface area (Å²) in [4.78, 5) is 11.2. The molecular formula is C10H12N2O2S. The fraction of sp³-hybridized carbons (Fsp3) is 0.200. The minimum atomic E-state index is -0.388. The van der Waals surface area contributed by atoms with Crippen molar-refractivity contribution in [2.24, 2.45) is 5.73 Å². The van der Waals surface area contributed by atoms with Gasteiger partial charge in [-0.1, -0.05) is 6.07 Å². The van der Waals surface area contributed by atoms with Crippen LogP contribution in [0.5, 0.6) is 0 Å². The Morgan fingerprint density at radius 2 is 2.20 bits per heavy atom. The Balaban J connectivity index is 3.05. The fourth-order valence-electron chi connectivity index (χ4n) is 1.13. The molecule has 0 heterocycles. The third-order valence-electron chi connectivity index (χ3n) is 1.92. The Kier molecular flexibility index (Phi) is 3.62. The van der Waals surface area contributed by atoms with Crippen molar-refractivity contribution in [1.82, 2.24) is 0 Å². The molecule has 1 aromatic rings. The van der Waals surface area contributed by atoms with E-state index in [0.717, 1.165) is 5.56 Å². The summed E-state index contributed by atoms with van der Waals surface area (Å²) in [5.74, 6) is -0.388. The fourth-order valence-corrected chi connectivity index (χ4v) is 1.24. The normalized spacial score (nSPS) is 9.47. The Hall–Kier alpha value is -1.62. The van der Waals surface area contributed by atoms with Gasteiger partial charge >= 0.3 is 5.97 Å². The monoisotopic (exact) mass is 224 g/mol. The SMILES string of the molecule is COC(=O)c1ccc(C)c(NC(N)=S)c1. The van der Waals surface area contributed by atoms with E-state index in [1.807, 2.05) is 6.92 Å². The van der Waals surface area contributed by atoms with Crippen molar-refractivity contribution in [2.45, 2.75) is 6.92 Å². The van der Waals surface area contributed by atoms with Crippen LogP contribution in [-0.4, -0.2) is 18.2 Å². The highest BCUT2D eigenvalue weighted by Gasteiger charge is 2.07. The van der Waals surface area contributed by atoms with E-state index in [4.69, 9.17) is 18.0 Å². The van der Waals surface area contributed by atoms with Gasteiger partial charge in [-0.05, 0) is 36.8 Å². The van der Waals surface area contributed by atoms with Crippen molar-refractivity contribution >= 4 is 29.0 Å². The zero-order chi connectivity index (χ0) is 11.4.